The molecule has 0 bridgehead atoms. The predicted octanol–water partition coefficient (Wildman–Crippen LogP) is -2.92. The summed E-state index contributed by atoms with van der Waals surface area (Å²) >= 11 is 0. The first-order valence-electron chi connectivity index (χ1n) is 8.08. The van der Waals surface area contributed by atoms with E-state index in [0.29, 0.717) is 19.4 Å². The van der Waals surface area contributed by atoms with Crippen molar-refractivity contribution in [3.8, 4) is 0 Å². The van der Waals surface area contributed by atoms with E-state index in [1.807, 2.05) is 0 Å². The van der Waals surface area contributed by atoms with Crippen molar-refractivity contribution in [2.45, 2.75) is 31.3 Å². The van der Waals surface area contributed by atoms with Crippen molar-refractivity contribution in [2.24, 2.45) is 32.9 Å². The van der Waals surface area contributed by atoms with E-state index in [2.05, 4.69) is 15.3 Å². The summed E-state index contributed by atoms with van der Waals surface area (Å²) in [4.78, 5) is 46.1. The molecule has 0 aliphatic carbocycles. The van der Waals surface area contributed by atoms with E-state index in [9.17, 15) is 14.4 Å². The van der Waals surface area contributed by atoms with Crippen LogP contribution in [-0.4, -0.2) is 78.8 Å². The molecule has 1 aliphatic rings. The van der Waals surface area contributed by atoms with Gasteiger partial charge in [0.1, 0.15) is 6.04 Å². The Morgan fingerprint density at radius 2 is 2.08 bits per heavy atom. The molecule has 4 amide bonds. The summed E-state index contributed by atoms with van der Waals surface area (Å²) in [5, 5.41) is 2.26. The fourth-order valence-corrected chi connectivity index (χ4v) is 2.41. The summed E-state index contributed by atoms with van der Waals surface area (Å²) in [7, 11) is 2.96. The molecule has 0 spiro atoms. The fourth-order valence-electron chi connectivity index (χ4n) is 2.41. The summed E-state index contributed by atoms with van der Waals surface area (Å²) in [5.41, 5.74) is 21.4. The van der Waals surface area contributed by atoms with E-state index in [0.717, 1.165) is 4.90 Å². The molecule has 0 saturated carbocycles. The quantitative estimate of drug-likeness (QED) is 0.181. The van der Waals surface area contributed by atoms with Crippen molar-refractivity contribution in [1.82, 2.24) is 15.1 Å². The van der Waals surface area contributed by atoms with E-state index < -0.39 is 12.1 Å². The van der Waals surface area contributed by atoms with Crippen molar-refractivity contribution >= 4 is 29.8 Å². The Balaban J connectivity index is 2.57. The minimum absolute atomic E-state index is 0.0139. The lowest BCUT2D eigenvalue weighted by molar-refractivity contribution is -0.142. The SMILES string of the molecule is CN1C(=O)C(N(C)C(=O)C[C@@H](N)CCCN=C(N)N)CN=C1NC(N)=O. The fraction of sp³-hybridized carbons (Fsp3) is 0.643. The molecule has 1 aliphatic heterocycles. The van der Waals surface area contributed by atoms with Crippen LogP contribution in [0.3, 0.4) is 0 Å². The van der Waals surface area contributed by atoms with E-state index >= 15 is 0 Å². The van der Waals surface area contributed by atoms with Crippen LogP contribution in [-0.2, 0) is 9.59 Å². The first kappa shape index (κ1) is 21.2. The smallest absolute Gasteiger partial charge is 0.318 e. The molecule has 9 N–H and O–H groups in total. The van der Waals surface area contributed by atoms with Gasteiger partial charge in [0.05, 0.1) is 6.54 Å². The number of amides is 4. The van der Waals surface area contributed by atoms with Gasteiger partial charge < -0.3 is 27.8 Å². The molecule has 146 valence electrons. The lowest BCUT2D eigenvalue weighted by Crippen LogP contribution is -2.58. The molecule has 0 saturated heterocycles. The second-order valence-electron chi connectivity index (χ2n) is 5.98. The zero-order valence-electron chi connectivity index (χ0n) is 15.0. The Kier molecular flexibility index (Phi) is 7.77. The van der Waals surface area contributed by atoms with Gasteiger partial charge in [-0.1, -0.05) is 0 Å². The van der Waals surface area contributed by atoms with Gasteiger partial charge >= 0.3 is 6.03 Å². The van der Waals surface area contributed by atoms with Gasteiger partial charge in [-0.25, -0.2) is 9.79 Å². The number of nitrogens with two attached hydrogens (primary N) is 4. The average molecular weight is 369 g/mol. The zero-order valence-corrected chi connectivity index (χ0v) is 15.0. The predicted molar refractivity (Wildman–Crippen MR) is 96.9 cm³/mol. The van der Waals surface area contributed by atoms with Crippen molar-refractivity contribution in [3.05, 3.63) is 0 Å². The third kappa shape index (κ3) is 6.20. The molecule has 1 heterocycles. The Bertz CT molecular complexity index is 600. The first-order valence-corrected chi connectivity index (χ1v) is 8.08. The van der Waals surface area contributed by atoms with E-state index in [4.69, 9.17) is 22.9 Å². The van der Waals surface area contributed by atoms with Crippen molar-refractivity contribution in [1.29, 1.82) is 0 Å². The van der Waals surface area contributed by atoms with Crippen molar-refractivity contribution < 1.29 is 14.4 Å². The van der Waals surface area contributed by atoms with Gasteiger partial charge in [0.2, 0.25) is 11.9 Å². The molecule has 0 fully saturated rings. The number of nitrogens with zero attached hydrogens (tertiary/aromatic N) is 4. The number of carbonyl (C=O) groups is 3. The summed E-state index contributed by atoms with van der Waals surface area (Å²) < 4.78 is 0. The summed E-state index contributed by atoms with van der Waals surface area (Å²) in [6.45, 7) is 0.469. The average Bonchev–Trinajstić information content (AvgIpc) is 2.55. The zero-order chi connectivity index (χ0) is 19.9. The highest BCUT2D eigenvalue weighted by Gasteiger charge is 2.34. The van der Waals surface area contributed by atoms with E-state index in [1.54, 1.807) is 0 Å². The highest BCUT2D eigenvalue weighted by Crippen LogP contribution is 2.11. The Morgan fingerprint density at radius 1 is 1.42 bits per heavy atom. The Morgan fingerprint density at radius 3 is 2.65 bits per heavy atom. The molecule has 12 heteroatoms. The van der Waals surface area contributed by atoms with Crippen LogP contribution in [0.5, 0.6) is 0 Å². The molecule has 0 aromatic heterocycles. The monoisotopic (exact) mass is 369 g/mol. The van der Waals surface area contributed by atoms with Gasteiger partial charge in [0.15, 0.2) is 5.96 Å². The molecule has 12 nitrogen and oxygen atoms in total. The van der Waals surface area contributed by atoms with Gasteiger partial charge in [-0.3, -0.25) is 24.8 Å². The molecule has 1 unspecified atom stereocenters. The maximum Gasteiger partial charge on any atom is 0.318 e. The normalized spacial score (nSPS) is 18.0. The lowest BCUT2D eigenvalue weighted by atomic mass is 10.1. The minimum atomic E-state index is -0.821. The van der Waals surface area contributed by atoms with E-state index in [1.165, 1.54) is 19.0 Å². The first-order chi connectivity index (χ1) is 12.1. The molecule has 1 rings (SSSR count). The second-order valence-corrected chi connectivity index (χ2v) is 5.98. The molecule has 0 aromatic carbocycles. The highest BCUT2D eigenvalue weighted by molar-refractivity contribution is 6.07. The number of nitrogens with one attached hydrogen (secondary N) is 1. The number of primary amides is 1. The molecule has 2 atom stereocenters. The van der Waals surface area contributed by atoms with Crippen LogP contribution in [0.2, 0.25) is 0 Å². The van der Waals surface area contributed by atoms with Crippen LogP contribution in [0, 0.1) is 0 Å². The van der Waals surface area contributed by atoms with Gasteiger partial charge in [0.25, 0.3) is 5.91 Å². The Hall–Kier alpha value is -2.89. The largest absolute Gasteiger partial charge is 0.370 e. The summed E-state index contributed by atoms with van der Waals surface area (Å²) in [6, 6.07) is -1.95. The maximum atomic E-state index is 12.4. The number of rotatable bonds is 7. The van der Waals surface area contributed by atoms with Crippen molar-refractivity contribution in [3.63, 3.8) is 0 Å². The Labute approximate surface area is 151 Å². The molecule has 0 aromatic rings. The van der Waals surface area contributed by atoms with Gasteiger partial charge in [0, 0.05) is 33.1 Å². The van der Waals surface area contributed by atoms with Crippen molar-refractivity contribution in [2.75, 3.05) is 27.2 Å². The van der Waals surface area contributed by atoms with Gasteiger partial charge in [-0.05, 0) is 12.8 Å². The second kappa shape index (κ2) is 9.56. The summed E-state index contributed by atoms with van der Waals surface area (Å²) in [6.07, 6.45) is 1.30. The molecular formula is C14H27N9O3. The van der Waals surface area contributed by atoms with Crippen LogP contribution in [0.4, 0.5) is 4.79 Å². The third-order valence-corrected chi connectivity index (χ3v) is 3.91. The third-order valence-electron chi connectivity index (χ3n) is 3.91. The molecule has 26 heavy (non-hydrogen) atoms. The van der Waals surface area contributed by atoms with Crippen LogP contribution in [0.1, 0.15) is 19.3 Å². The van der Waals surface area contributed by atoms with Gasteiger partial charge in [-0.15, -0.1) is 0 Å². The number of urea groups is 1. The number of aliphatic imine (C=N–C) groups is 2. The number of hydrogen-bond acceptors (Lipinski definition) is 6. The minimum Gasteiger partial charge on any atom is -0.370 e. The van der Waals surface area contributed by atoms with Crippen LogP contribution in [0.15, 0.2) is 9.98 Å². The van der Waals surface area contributed by atoms with E-state index in [-0.39, 0.29) is 42.7 Å². The number of likely N-dealkylation sites (N-methyl/N-ethyl adjacent to an activating group) is 2. The number of carbonyl (C=O) groups excluding carboxylic acids is 3. The lowest BCUT2D eigenvalue weighted by Gasteiger charge is -2.34. The molecule has 0 radical (unpaired) electrons. The van der Waals surface area contributed by atoms with Crippen LogP contribution in [0.25, 0.3) is 0 Å². The number of guanidine groups is 2. The maximum absolute atomic E-state index is 12.4. The molecular weight excluding hydrogens is 342 g/mol. The van der Waals surface area contributed by atoms with Crippen LogP contribution < -0.4 is 28.3 Å². The highest BCUT2D eigenvalue weighted by atomic mass is 16.2. The topological polar surface area (TPSA) is 199 Å². The summed E-state index contributed by atoms with van der Waals surface area (Å²) in [5.74, 6) is -0.579. The standard InChI is InChI=1S/C14H27N9O3/c1-22(10(24)6-8(15)4-3-5-19-12(16)17)9-7-20-14(21-13(18)26)23(2)11(9)25/h8-9H,3-7,15H2,1-2H3,(H4,16,17,19)(H3,18,20,21,26)/t8-,9?/m0/s1. The van der Waals surface area contributed by atoms with Crippen LogP contribution >= 0.6 is 0 Å². The number of hydrogen-bond donors (Lipinski definition) is 5. The van der Waals surface area contributed by atoms with Gasteiger partial charge in [-0.2, -0.15) is 0 Å².